The molecule has 2 heteroatoms. The molecule has 0 heterocycles. The Morgan fingerprint density at radius 1 is 1.10 bits per heavy atom. The Bertz CT molecular complexity index is 376. The molecular formula is C18H31NO. The molecule has 0 aliphatic rings. The average Bonchev–Trinajstić information content (AvgIpc) is 2.45. The number of nitrogens with one attached hydrogen (secondary N) is 1. The molecule has 1 unspecified atom stereocenters. The van der Waals surface area contributed by atoms with Crippen LogP contribution in [0.1, 0.15) is 61.8 Å². The summed E-state index contributed by atoms with van der Waals surface area (Å²) < 4.78 is 5.85. The number of aryl methyl sites for hydroxylation is 2. The average molecular weight is 277 g/mol. The molecule has 0 aromatic heterocycles. The van der Waals surface area contributed by atoms with Crippen LogP contribution in [-0.4, -0.2) is 20.3 Å². The fourth-order valence-corrected chi connectivity index (χ4v) is 2.47. The van der Waals surface area contributed by atoms with Crippen LogP contribution in [0.3, 0.4) is 0 Å². The largest absolute Gasteiger partial charge is 0.379 e. The third-order valence-corrected chi connectivity index (χ3v) is 3.84. The van der Waals surface area contributed by atoms with Gasteiger partial charge in [0.1, 0.15) is 0 Å². The topological polar surface area (TPSA) is 21.3 Å². The van der Waals surface area contributed by atoms with Crippen molar-refractivity contribution in [3.8, 4) is 0 Å². The van der Waals surface area contributed by atoms with Gasteiger partial charge in [0.15, 0.2) is 0 Å². The zero-order valence-electron chi connectivity index (χ0n) is 13.7. The van der Waals surface area contributed by atoms with Crippen molar-refractivity contribution in [2.75, 3.05) is 20.3 Å². The molecule has 0 radical (unpaired) electrons. The predicted octanol–water partition coefficient (Wildman–Crippen LogP) is 4.55. The van der Waals surface area contributed by atoms with E-state index in [9.17, 15) is 0 Å². The van der Waals surface area contributed by atoms with E-state index in [1.54, 1.807) is 0 Å². The van der Waals surface area contributed by atoms with Gasteiger partial charge < -0.3 is 10.1 Å². The van der Waals surface area contributed by atoms with E-state index in [0.29, 0.717) is 6.04 Å². The van der Waals surface area contributed by atoms with Gasteiger partial charge >= 0.3 is 0 Å². The first-order chi connectivity index (χ1) is 9.69. The molecular weight excluding hydrogens is 246 g/mol. The van der Waals surface area contributed by atoms with Gasteiger partial charge in [-0.2, -0.15) is 0 Å². The molecule has 0 fully saturated rings. The molecule has 0 bridgehead atoms. The summed E-state index contributed by atoms with van der Waals surface area (Å²) in [5.74, 6) is 0. The zero-order chi connectivity index (χ0) is 14.8. The van der Waals surface area contributed by atoms with Gasteiger partial charge in [-0.3, -0.25) is 0 Å². The third-order valence-electron chi connectivity index (χ3n) is 3.84. The van der Waals surface area contributed by atoms with Crippen LogP contribution in [0, 0.1) is 13.8 Å². The number of unbranched alkanes of at least 4 members (excludes halogenated alkanes) is 4. The molecule has 1 rings (SSSR count). The summed E-state index contributed by atoms with van der Waals surface area (Å²) in [6, 6.07) is 6.92. The summed E-state index contributed by atoms with van der Waals surface area (Å²) in [7, 11) is 2.01. The quantitative estimate of drug-likeness (QED) is 0.633. The molecule has 1 aromatic rings. The maximum atomic E-state index is 5.85. The maximum absolute atomic E-state index is 5.85. The molecule has 0 aliphatic heterocycles. The summed E-state index contributed by atoms with van der Waals surface area (Å²) >= 11 is 0. The Kier molecular flexibility index (Phi) is 8.56. The predicted molar refractivity (Wildman–Crippen MR) is 87.3 cm³/mol. The van der Waals surface area contributed by atoms with Gasteiger partial charge in [0.25, 0.3) is 0 Å². The molecule has 0 saturated heterocycles. The molecule has 2 nitrogen and oxygen atoms in total. The van der Waals surface area contributed by atoms with Crippen molar-refractivity contribution in [2.45, 2.75) is 58.9 Å². The van der Waals surface area contributed by atoms with Crippen molar-refractivity contribution >= 4 is 0 Å². The molecule has 114 valence electrons. The maximum Gasteiger partial charge on any atom is 0.0661 e. The van der Waals surface area contributed by atoms with Crippen molar-refractivity contribution in [2.24, 2.45) is 0 Å². The summed E-state index contributed by atoms with van der Waals surface area (Å²) in [5, 5.41) is 3.37. The minimum absolute atomic E-state index is 0.297. The van der Waals surface area contributed by atoms with Crippen LogP contribution in [0.4, 0.5) is 0 Å². The van der Waals surface area contributed by atoms with Crippen LogP contribution in [-0.2, 0) is 4.74 Å². The van der Waals surface area contributed by atoms with E-state index in [4.69, 9.17) is 4.74 Å². The minimum Gasteiger partial charge on any atom is -0.379 e. The summed E-state index contributed by atoms with van der Waals surface area (Å²) in [6.45, 7) is 8.20. The third kappa shape index (κ3) is 6.06. The summed E-state index contributed by atoms with van der Waals surface area (Å²) in [6.07, 6.45) is 6.47. The fourth-order valence-electron chi connectivity index (χ4n) is 2.47. The van der Waals surface area contributed by atoms with Gasteiger partial charge in [-0.15, -0.1) is 0 Å². The van der Waals surface area contributed by atoms with Crippen LogP contribution >= 0.6 is 0 Å². The number of rotatable bonds is 10. The molecule has 1 aromatic carbocycles. The Hall–Kier alpha value is -0.860. The van der Waals surface area contributed by atoms with Crippen LogP contribution in [0.2, 0.25) is 0 Å². The van der Waals surface area contributed by atoms with Gasteiger partial charge in [0.2, 0.25) is 0 Å². The van der Waals surface area contributed by atoms with Crippen LogP contribution in [0.15, 0.2) is 18.2 Å². The SMILES string of the molecule is CCCCCCCOCC(NC)c1cc(C)ccc1C. The minimum atomic E-state index is 0.297. The lowest BCUT2D eigenvalue weighted by atomic mass is 9.99. The van der Waals surface area contributed by atoms with E-state index in [1.807, 2.05) is 7.05 Å². The van der Waals surface area contributed by atoms with E-state index >= 15 is 0 Å². The first-order valence-corrected chi connectivity index (χ1v) is 8.01. The molecule has 0 aliphatic carbocycles. The van der Waals surface area contributed by atoms with Crippen LogP contribution in [0.25, 0.3) is 0 Å². The standard InChI is InChI=1S/C18H31NO/c1-5-6-7-8-9-12-20-14-18(19-4)17-13-15(2)10-11-16(17)3/h10-11,13,18-19H,5-9,12,14H2,1-4H3. The van der Waals surface area contributed by atoms with E-state index in [0.717, 1.165) is 13.2 Å². The van der Waals surface area contributed by atoms with E-state index in [1.165, 1.54) is 48.8 Å². The fraction of sp³-hybridized carbons (Fsp3) is 0.667. The molecule has 1 atom stereocenters. The second-order valence-electron chi connectivity index (χ2n) is 5.69. The molecule has 20 heavy (non-hydrogen) atoms. The first kappa shape index (κ1) is 17.2. The lowest BCUT2D eigenvalue weighted by molar-refractivity contribution is 0.109. The molecule has 1 N–H and O–H groups in total. The first-order valence-electron chi connectivity index (χ1n) is 8.01. The number of ether oxygens (including phenoxy) is 1. The lowest BCUT2D eigenvalue weighted by Crippen LogP contribution is -2.23. The van der Waals surface area contributed by atoms with Crippen LogP contribution < -0.4 is 5.32 Å². The zero-order valence-corrected chi connectivity index (χ0v) is 13.7. The summed E-state index contributed by atoms with van der Waals surface area (Å²) in [5.41, 5.74) is 4.00. The van der Waals surface area contributed by atoms with Crippen molar-refractivity contribution in [3.63, 3.8) is 0 Å². The lowest BCUT2D eigenvalue weighted by Gasteiger charge is -2.19. The molecule has 0 amide bonds. The number of likely N-dealkylation sites (N-methyl/N-ethyl adjacent to an activating group) is 1. The van der Waals surface area contributed by atoms with Gasteiger partial charge in [0.05, 0.1) is 12.6 Å². The Morgan fingerprint density at radius 2 is 1.85 bits per heavy atom. The van der Waals surface area contributed by atoms with E-state index in [-0.39, 0.29) is 0 Å². The van der Waals surface area contributed by atoms with Gasteiger partial charge in [0, 0.05) is 6.61 Å². The smallest absolute Gasteiger partial charge is 0.0661 e. The van der Waals surface area contributed by atoms with Crippen LogP contribution in [0.5, 0.6) is 0 Å². The second-order valence-corrected chi connectivity index (χ2v) is 5.69. The Balaban J connectivity index is 2.34. The van der Waals surface area contributed by atoms with Crippen molar-refractivity contribution in [1.82, 2.24) is 5.32 Å². The van der Waals surface area contributed by atoms with Gasteiger partial charge in [-0.1, -0.05) is 56.4 Å². The second kappa shape index (κ2) is 9.95. The highest BCUT2D eigenvalue weighted by molar-refractivity contribution is 5.33. The number of hydrogen-bond acceptors (Lipinski definition) is 2. The number of benzene rings is 1. The van der Waals surface area contributed by atoms with Crippen molar-refractivity contribution in [1.29, 1.82) is 0 Å². The highest BCUT2D eigenvalue weighted by Crippen LogP contribution is 2.19. The van der Waals surface area contributed by atoms with Gasteiger partial charge in [-0.05, 0) is 38.4 Å². The molecule has 0 saturated carbocycles. The van der Waals surface area contributed by atoms with E-state index < -0.39 is 0 Å². The Labute approximate surface area is 124 Å². The highest BCUT2D eigenvalue weighted by Gasteiger charge is 2.12. The van der Waals surface area contributed by atoms with E-state index in [2.05, 4.69) is 44.3 Å². The van der Waals surface area contributed by atoms with Gasteiger partial charge in [-0.25, -0.2) is 0 Å². The normalized spacial score (nSPS) is 12.6. The monoisotopic (exact) mass is 277 g/mol. The van der Waals surface area contributed by atoms with Crippen molar-refractivity contribution < 1.29 is 4.74 Å². The Morgan fingerprint density at radius 3 is 2.55 bits per heavy atom. The highest BCUT2D eigenvalue weighted by atomic mass is 16.5. The van der Waals surface area contributed by atoms with Crippen molar-refractivity contribution in [3.05, 3.63) is 34.9 Å². The number of hydrogen-bond donors (Lipinski definition) is 1. The molecule has 0 spiro atoms. The summed E-state index contributed by atoms with van der Waals surface area (Å²) in [4.78, 5) is 0.